The first-order valence-electron chi connectivity index (χ1n) is 7.29. The molecule has 9 heteroatoms. The van der Waals surface area contributed by atoms with Gasteiger partial charge in [-0.1, -0.05) is 23.7 Å². The van der Waals surface area contributed by atoms with Crippen molar-refractivity contribution >= 4 is 27.4 Å². The van der Waals surface area contributed by atoms with Gasteiger partial charge >= 0.3 is 0 Å². The lowest BCUT2D eigenvalue weighted by molar-refractivity contribution is 0.600. The average molecular weight is 366 g/mol. The second kappa shape index (κ2) is 6.66. The van der Waals surface area contributed by atoms with Crippen LogP contribution in [0, 0.1) is 0 Å². The molecule has 7 nitrogen and oxygen atoms in total. The van der Waals surface area contributed by atoms with E-state index < -0.39 is 10.0 Å². The van der Waals surface area contributed by atoms with Gasteiger partial charge in [0, 0.05) is 30.0 Å². The highest BCUT2D eigenvalue weighted by Gasteiger charge is 2.17. The van der Waals surface area contributed by atoms with E-state index in [1.807, 2.05) is 19.1 Å². The number of rotatable bonds is 6. The number of sulfonamides is 1. The Balaban J connectivity index is 1.72. The molecule has 0 saturated heterocycles. The van der Waals surface area contributed by atoms with Crippen molar-refractivity contribution in [1.29, 1.82) is 0 Å². The molecule has 3 aromatic rings. The van der Waals surface area contributed by atoms with E-state index >= 15 is 0 Å². The third kappa shape index (κ3) is 3.77. The van der Waals surface area contributed by atoms with Gasteiger partial charge in [0.25, 0.3) is 10.0 Å². The maximum atomic E-state index is 12.3. The maximum absolute atomic E-state index is 12.3. The highest BCUT2D eigenvalue weighted by Crippen LogP contribution is 2.15. The van der Waals surface area contributed by atoms with Crippen molar-refractivity contribution in [3.8, 4) is 0 Å². The largest absolute Gasteiger partial charge is 0.272 e. The molecule has 0 aliphatic heterocycles. The van der Waals surface area contributed by atoms with Crippen LogP contribution in [0.15, 0.2) is 53.8 Å². The number of nitrogens with one attached hydrogen (secondary N) is 1. The predicted molar refractivity (Wildman–Crippen MR) is 91.5 cm³/mol. The topological polar surface area (TPSA) is 81.8 Å². The molecule has 2 heterocycles. The third-order valence-corrected chi connectivity index (χ3v) is 4.94. The lowest BCUT2D eigenvalue weighted by Crippen LogP contribution is -2.13. The molecule has 0 unspecified atom stereocenters. The minimum Gasteiger partial charge on any atom is -0.272 e. The molecule has 0 bridgehead atoms. The van der Waals surface area contributed by atoms with E-state index in [-0.39, 0.29) is 10.7 Å². The molecule has 0 spiro atoms. The van der Waals surface area contributed by atoms with Crippen molar-refractivity contribution in [2.75, 3.05) is 4.72 Å². The summed E-state index contributed by atoms with van der Waals surface area (Å²) >= 11 is 5.86. The van der Waals surface area contributed by atoms with E-state index in [0.717, 1.165) is 5.56 Å². The van der Waals surface area contributed by atoms with Gasteiger partial charge in [0.15, 0.2) is 5.82 Å². The number of nitrogens with zero attached hydrogens (tertiary/aromatic N) is 4. The average Bonchev–Trinajstić information content (AvgIpc) is 3.19. The lowest BCUT2D eigenvalue weighted by atomic mass is 10.2. The van der Waals surface area contributed by atoms with Gasteiger partial charge in [0.1, 0.15) is 4.90 Å². The van der Waals surface area contributed by atoms with Gasteiger partial charge in [0.2, 0.25) is 0 Å². The molecule has 24 heavy (non-hydrogen) atoms. The van der Waals surface area contributed by atoms with Crippen LogP contribution in [-0.2, 0) is 23.1 Å². The summed E-state index contributed by atoms with van der Waals surface area (Å²) in [4.78, 5) is 0.108. The van der Waals surface area contributed by atoms with Crippen LogP contribution >= 0.6 is 11.6 Å². The summed E-state index contributed by atoms with van der Waals surface area (Å²) in [6, 6.07) is 9.00. The Morgan fingerprint density at radius 1 is 1.17 bits per heavy atom. The number of aryl methyl sites for hydroxylation is 1. The molecule has 1 N–H and O–H groups in total. The number of halogens is 1. The summed E-state index contributed by atoms with van der Waals surface area (Å²) in [5, 5.41) is 8.87. The smallest absolute Gasteiger partial charge is 0.266 e. The standard InChI is InChI=1S/C15H16ClN5O2S/c1-2-20-11-14(9-17-20)24(22,23)19-15-7-8-21(18-15)10-12-3-5-13(16)6-4-12/h3-9,11H,2,10H2,1H3,(H,18,19). The van der Waals surface area contributed by atoms with Gasteiger partial charge in [-0.15, -0.1) is 0 Å². The van der Waals surface area contributed by atoms with E-state index in [1.165, 1.54) is 12.4 Å². The van der Waals surface area contributed by atoms with E-state index in [9.17, 15) is 8.42 Å². The zero-order valence-electron chi connectivity index (χ0n) is 12.9. The summed E-state index contributed by atoms with van der Waals surface area (Å²) in [5.74, 6) is 0.258. The van der Waals surface area contributed by atoms with Gasteiger partial charge in [0.05, 0.1) is 12.7 Å². The summed E-state index contributed by atoms with van der Waals surface area (Å²) in [7, 11) is -3.69. The monoisotopic (exact) mass is 365 g/mol. The fourth-order valence-corrected chi connectivity index (χ4v) is 3.21. The molecule has 1 aromatic carbocycles. The van der Waals surface area contributed by atoms with Crippen molar-refractivity contribution in [2.45, 2.75) is 24.9 Å². The van der Waals surface area contributed by atoms with Crippen LogP contribution in [0.4, 0.5) is 5.82 Å². The summed E-state index contributed by atoms with van der Waals surface area (Å²) < 4.78 is 30.3. The maximum Gasteiger partial charge on any atom is 0.266 e. The Morgan fingerprint density at radius 2 is 1.92 bits per heavy atom. The zero-order chi connectivity index (χ0) is 17.2. The molecule has 0 saturated carbocycles. The van der Waals surface area contributed by atoms with Crippen molar-refractivity contribution in [2.24, 2.45) is 0 Å². The molecule has 0 amide bonds. The normalized spacial score (nSPS) is 11.6. The third-order valence-electron chi connectivity index (χ3n) is 3.38. The molecule has 3 rings (SSSR count). The molecule has 0 aliphatic carbocycles. The zero-order valence-corrected chi connectivity index (χ0v) is 14.5. The molecule has 0 aliphatic rings. The van der Waals surface area contributed by atoms with E-state index in [2.05, 4.69) is 14.9 Å². The van der Waals surface area contributed by atoms with Gasteiger partial charge in [-0.2, -0.15) is 10.2 Å². The molecular formula is C15H16ClN5O2S. The first kappa shape index (κ1) is 16.5. The fraction of sp³-hybridized carbons (Fsp3) is 0.200. The lowest BCUT2D eigenvalue weighted by Gasteiger charge is -2.04. The molecule has 2 aromatic heterocycles. The Hall–Kier alpha value is -2.32. The first-order chi connectivity index (χ1) is 11.5. The van der Waals surface area contributed by atoms with Crippen molar-refractivity contribution in [1.82, 2.24) is 19.6 Å². The summed E-state index contributed by atoms with van der Waals surface area (Å²) in [5.41, 5.74) is 1.01. The molecule has 126 valence electrons. The van der Waals surface area contributed by atoms with Gasteiger partial charge in [-0.3, -0.25) is 14.1 Å². The van der Waals surface area contributed by atoms with Crippen LogP contribution in [0.1, 0.15) is 12.5 Å². The number of aromatic nitrogens is 4. The Morgan fingerprint density at radius 3 is 2.58 bits per heavy atom. The van der Waals surface area contributed by atoms with E-state index in [4.69, 9.17) is 11.6 Å². The Bertz CT molecular complexity index is 931. The van der Waals surface area contributed by atoms with E-state index in [0.29, 0.717) is 18.1 Å². The molecular weight excluding hydrogens is 350 g/mol. The first-order valence-corrected chi connectivity index (χ1v) is 9.15. The quantitative estimate of drug-likeness (QED) is 0.728. The second-order valence-electron chi connectivity index (χ2n) is 5.16. The summed E-state index contributed by atoms with van der Waals surface area (Å²) in [6.07, 6.45) is 4.51. The second-order valence-corrected chi connectivity index (χ2v) is 7.28. The molecule has 0 radical (unpaired) electrons. The minimum atomic E-state index is -3.69. The fourth-order valence-electron chi connectivity index (χ4n) is 2.13. The van der Waals surface area contributed by atoms with Gasteiger partial charge < -0.3 is 0 Å². The number of hydrogen-bond acceptors (Lipinski definition) is 4. The van der Waals surface area contributed by atoms with Crippen LogP contribution in [0.3, 0.4) is 0 Å². The van der Waals surface area contributed by atoms with Crippen LogP contribution in [-0.4, -0.2) is 28.0 Å². The highest BCUT2D eigenvalue weighted by molar-refractivity contribution is 7.92. The Labute approximate surface area is 144 Å². The Kier molecular flexibility index (Phi) is 4.59. The van der Waals surface area contributed by atoms with Crippen molar-refractivity contribution < 1.29 is 8.42 Å². The van der Waals surface area contributed by atoms with Gasteiger partial charge in [-0.05, 0) is 24.6 Å². The minimum absolute atomic E-state index is 0.108. The number of hydrogen-bond donors (Lipinski definition) is 1. The van der Waals surface area contributed by atoms with Crippen molar-refractivity contribution in [3.05, 3.63) is 59.5 Å². The highest BCUT2D eigenvalue weighted by atomic mass is 35.5. The molecule has 0 fully saturated rings. The summed E-state index contributed by atoms with van der Waals surface area (Å²) in [6.45, 7) is 3.01. The number of anilines is 1. The van der Waals surface area contributed by atoms with Crippen LogP contribution in [0.5, 0.6) is 0 Å². The van der Waals surface area contributed by atoms with Crippen LogP contribution in [0.2, 0.25) is 5.02 Å². The van der Waals surface area contributed by atoms with Gasteiger partial charge in [-0.25, -0.2) is 8.42 Å². The van der Waals surface area contributed by atoms with Crippen LogP contribution in [0.25, 0.3) is 0 Å². The van der Waals surface area contributed by atoms with Crippen LogP contribution < -0.4 is 4.72 Å². The number of benzene rings is 1. The predicted octanol–water partition coefficient (Wildman–Crippen LogP) is 2.60. The molecule has 0 atom stereocenters. The van der Waals surface area contributed by atoms with E-state index in [1.54, 1.807) is 33.8 Å². The van der Waals surface area contributed by atoms with Crippen molar-refractivity contribution in [3.63, 3.8) is 0 Å². The SMILES string of the molecule is CCn1cc(S(=O)(=O)Nc2ccn(Cc3ccc(Cl)cc3)n2)cn1.